The minimum atomic E-state index is 0.830. The van der Waals surface area contributed by atoms with Crippen molar-refractivity contribution in [2.45, 2.75) is 5.33 Å². The van der Waals surface area contributed by atoms with Crippen LogP contribution in [0.25, 0.3) is 0 Å². The Morgan fingerprint density at radius 3 is 2.38 bits per heavy atom. The lowest BCUT2D eigenvalue weighted by Gasteiger charge is -2.08. The normalized spacial score (nSPS) is 10.1. The molecule has 0 heterocycles. The number of benzene rings is 2. The van der Waals surface area contributed by atoms with Gasteiger partial charge < -0.3 is 4.74 Å². The van der Waals surface area contributed by atoms with Crippen LogP contribution < -0.4 is 4.74 Å². The van der Waals surface area contributed by atoms with Crippen LogP contribution in [0.1, 0.15) is 5.56 Å². The Hall–Kier alpha value is -0.800. The molecule has 0 atom stereocenters. The van der Waals surface area contributed by atoms with Crippen molar-refractivity contribution in [1.29, 1.82) is 0 Å². The molecule has 0 radical (unpaired) electrons. The van der Waals surface area contributed by atoms with Crippen LogP contribution in [0.4, 0.5) is 0 Å². The summed E-state index contributed by atoms with van der Waals surface area (Å²) in [6.07, 6.45) is 0. The Morgan fingerprint density at radius 2 is 1.75 bits per heavy atom. The second-order valence-electron chi connectivity index (χ2n) is 3.31. The lowest BCUT2D eigenvalue weighted by Crippen LogP contribution is -1.86. The SMILES string of the molecule is BrCc1ccc(Oc2ccccc2)c(Br)c1. The molecule has 0 aromatic heterocycles. The molecular weight excluding hydrogens is 332 g/mol. The molecule has 0 spiro atoms. The van der Waals surface area contributed by atoms with Gasteiger partial charge in [-0.25, -0.2) is 0 Å². The summed E-state index contributed by atoms with van der Waals surface area (Å²) in [5.74, 6) is 1.67. The molecule has 0 bridgehead atoms. The van der Waals surface area contributed by atoms with Crippen molar-refractivity contribution >= 4 is 31.9 Å². The Labute approximate surface area is 112 Å². The van der Waals surface area contributed by atoms with Crippen LogP contribution in [0.3, 0.4) is 0 Å². The van der Waals surface area contributed by atoms with E-state index in [4.69, 9.17) is 4.74 Å². The monoisotopic (exact) mass is 340 g/mol. The van der Waals surface area contributed by atoms with E-state index in [1.165, 1.54) is 5.56 Å². The molecular formula is C13H10Br2O. The summed E-state index contributed by atoms with van der Waals surface area (Å²) < 4.78 is 6.71. The van der Waals surface area contributed by atoms with Gasteiger partial charge in [-0.15, -0.1) is 0 Å². The van der Waals surface area contributed by atoms with Crippen LogP contribution >= 0.6 is 31.9 Å². The fraction of sp³-hybridized carbons (Fsp3) is 0.0769. The van der Waals surface area contributed by atoms with Crippen LogP contribution in [0.5, 0.6) is 11.5 Å². The molecule has 2 rings (SSSR count). The summed E-state index contributed by atoms with van der Waals surface area (Å²) in [7, 11) is 0. The van der Waals surface area contributed by atoms with E-state index in [-0.39, 0.29) is 0 Å². The fourth-order valence-corrected chi connectivity index (χ4v) is 2.18. The second kappa shape index (κ2) is 5.51. The average Bonchev–Trinajstić information content (AvgIpc) is 2.33. The highest BCUT2D eigenvalue weighted by molar-refractivity contribution is 9.10. The van der Waals surface area contributed by atoms with Crippen molar-refractivity contribution < 1.29 is 4.74 Å². The van der Waals surface area contributed by atoms with Crippen LogP contribution in [0.2, 0.25) is 0 Å². The maximum absolute atomic E-state index is 5.75. The van der Waals surface area contributed by atoms with Gasteiger partial charge in [0.1, 0.15) is 11.5 Å². The van der Waals surface area contributed by atoms with Gasteiger partial charge in [0.15, 0.2) is 0 Å². The summed E-state index contributed by atoms with van der Waals surface area (Å²) in [5.41, 5.74) is 1.22. The van der Waals surface area contributed by atoms with Gasteiger partial charge >= 0.3 is 0 Å². The van der Waals surface area contributed by atoms with Crippen molar-refractivity contribution in [3.8, 4) is 11.5 Å². The summed E-state index contributed by atoms with van der Waals surface area (Å²) in [5, 5.41) is 0.844. The Bertz CT molecular complexity index is 469. The highest BCUT2D eigenvalue weighted by Crippen LogP contribution is 2.30. The first-order valence-electron chi connectivity index (χ1n) is 4.87. The number of hydrogen-bond acceptors (Lipinski definition) is 1. The maximum Gasteiger partial charge on any atom is 0.141 e. The molecule has 0 fully saturated rings. The molecule has 0 saturated heterocycles. The third-order valence-corrected chi connectivity index (χ3v) is 3.39. The third kappa shape index (κ3) is 2.86. The Morgan fingerprint density at radius 1 is 1.00 bits per heavy atom. The van der Waals surface area contributed by atoms with E-state index < -0.39 is 0 Å². The summed E-state index contributed by atoms with van der Waals surface area (Å²) in [6, 6.07) is 15.8. The zero-order valence-corrected chi connectivity index (χ0v) is 11.7. The third-order valence-electron chi connectivity index (χ3n) is 2.12. The molecule has 2 aromatic carbocycles. The number of halogens is 2. The number of para-hydroxylation sites is 1. The molecule has 3 heteroatoms. The minimum absolute atomic E-state index is 0.830. The van der Waals surface area contributed by atoms with Crippen molar-refractivity contribution in [2.75, 3.05) is 0 Å². The Kier molecular flexibility index (Phi) is 4.02. The lowest BCUT2D eigenvalue weighted by molar-refractivity contribution is 0.479. The van der Waals surface area contributed by atoms with Crippen LogP contribution in [0.15, 0.2) is 53.0 Å². The number of rotatable bonds is 3. The van der Waals surface area contributed by atoms with E-state index >= 15 is 0 Å². The molecule has 0 amide bonds. The van der Waals surface area contributed by atoms with E-state index in [0.29, 0.717) is 0 Å². The lowest BCUT2D eigenvalue weighted by atomic mass is 10.2. The van der Waals surface area contributed by atoms with E-state index in [9.17, 15) is 0 Å². The predicted molar refractivity (Wildman–Crippen MR) is 73.3 cm³/mol. The van der Waals surface area contributed by atoms with Crippen molar-refractivity contribution in [3.63, 3.8) is 0 Å². The van der Waals surface area contributed by atoms with E-state index in [0.717, 1.165) is 21.3 Å². The largest absolute Gasteiger partial charge is 0.456 e. The molecule has 82 valence electrons. The van der Waals surface area contributed by atoms with Gasteiger partial charge in [0.25, 0.3) is 0 Å². The zero-order chi connectivity index (χ0) is 11.4. The van der Waals surface area contributed by atoms with Gasteiger partial charge in [0.2, 0.25) is 0 Å². The van der Waals surface area contributed by atoms with Gasteiger partial charge in [-0.1, -0.05) is 40.2 Å². The van der Waals surface area contributed by atoms with Gasteiger partial charge in [-0.05, 0) is 45.8 Å². The topological polar surface area (TPSA) is 9.23 Å². The van der Waals surface area contributed by atoms with Crippen LogP contribution in [0, 0.1) is 0 Å². The molecule has 0 aliphatic heterocycles. The first kappa shape index (κ1) is 11.7. The zero-order valence-electron chi connectivity index (χ0n) is 8.49. The van der Waals surface area contributed by atoms with Crippen LogP contribution in [-0.4, -0.2) is 0 Å². The van der Waals surface area contributed by atoms with E-state index in [2.05, 4.69) is 31.9 Å². The van der Waals surface area contributed by atoms with E-state index in [1.54, 1.807) is 0 Å². The molecule has 16 heavy (non-hydrogen) atoms. The second-order valence-corrected chi connectivity index (χ2v) is 4.73. The van der Waals surface area contributed by atoms with Gasteiger partial charge in [0, 0.05) is 5.33 Å². The minimum Gasteiger partial charge on any atom is -0.456 e. The van der Waals surface area contributed by atoms with E-state index in [1.807, 2.05) is 48.5 Å². The van der Waals surface area contributed by atoms with Gasteiger partial charge in [-0.2, -0.15) is 0 Å². The highest BCUT2D eigenvalue weighted by atomic mass is 79.9. The first-order chi connectivity index (χ1) is 7.79. The number of alkyl halides is 1. The summed E-state index contributed by atoms with van der Waals surface area (Å²) in [4.78, 5) is 0. The van der Waals surface area contributed by atoms with Gasteiger partial charge in [0.05, 0.1) is 4.47 Å². The summed E-state index contributed by atoms with van der Waals surface area (Å²) >= 11 is 6.92. The van der Waals surface area contributed by atoms with Gasteiger partial charge in [-0.3, -0.25) is 0 Å². The molecule has 2 aromatic rings. The van der Waals surface area contributed by atoms with Crippen molar-refractivity contribution in [3.05, 3.63) is 58.6 Å². The molecule has 0 aliphatic carbocycles. The smallest absolute Gasteiger partial charge is 0.141 e. The maximum atomic E-state index is 5.75. The first-order valence-corrected chi connectivity index (χ1v) is 6.78. The predicted octanol–water partition coefficient (Wildman–Crippen LogP) is 5.14. The van der Waals surface area contributed by atoms with Crippen molar-refractivity contribution in [1.82, 2.24) is 0 Å². The number of ether oxygens (including phenoxy) is 1. The summed E-state index contributed by atoms with van der Waals surface area (Å²) in [6.45, 7) is 0. The standard InChI is InChI=1S/C13H10Br2O/c14-9-10-6-7-13(12(15)8-10)16-11-4-2-1-3-5-11/h1-8H,9H2. The molecule has 0 N–H and O–H groups in total. The Balaban J connectivity index is 2.22. The fourth-order valence-electron chi connectivity index (χ4n) is 1.33. The average molecular weight is 342 g/mol. The molecule has 1 nitrogen and oxygen atoms in total. The van der Waals surface area contributed by atoms with Crippen molar-refractivity contribution in [2.24, 2.45) is 0 Å². The highest BCUT2D eigenvalue weighted by Gasteiger charge is 2.03. The number of hydrogen-bond donors (Lipinski definition) is 0. The quantitative estimate of drug-likeness (QED) is 0.702. The molecule has 0 saturated carbocycles. The van der Waals surface area contributed by atoms with Crippen LogP contribution in [-0.2, 0) is 5.33 Å². The molecule has 0 unspecified atom stereocenters. The molecule has 0 aliphatic rings.